The van der Waals surface area contributed by atoms with Crippen molar-refractivity contribution in [3.63, 3.8) is 0 Å². The summed E-state index contributed by atoms with van der Waals surface area (Å²) < 4.78 is 0. The van der Waals surface area contributed by atoms with Crippen molar-refractivity contribution in [3.05, 3.63) is 269 Å². The molecule has 2 heterocycles. The molecule has 5 nitrogen and oxygen atoms in total. The minimum Gasteiger partial charge on any atom is -0.228 e. The molecule has 15 rings (SSSR count). The molecule has 5 heteroatoms. The molecule has 9 aromatic carbocycles. The molecule has 2 bridgehead atoms. The van der Waals surface area contributed by atoms with Gasteiger partial charge in [0, 0.05) is 50.6 Å². The second-order valence-electron chi connectivity index (χ2n) is 19.6. The number of benzene rings is 9. The van der Waals surface area contributed by atoms with Crippen LogP contribution < -0.4 is 0 Å². The highest BCUT2D eigenvalue weighted by Crippen LogP contribution is 2.57. The minimum atomic E-state index is -0.0807. The van der Waals surface area contributed by atoms with Crippen molar-refractivity contribution in [2.24, 2.45) is 0 Å². The lowest BCUT2D eigenvalue weighted by molar-refractivity contribution is 0.660. The first-order valence-corrected chi connectivity index (χ1v) is 24.5. The maximum absolute atomic E-state index is 5.33. The Bertz CT molecular complexity index is 3860. The molecule has 0 radical (unpaired) electrons. The molecule has 334 valence electrons. The molecule has 2 atom stereocenters. The number of nitrogens with zero attached hydrogens (tertiary/aromatic N) is 5. The van der Waals surface area contributed by atoms with Crippen molar-refractivity contribution in [1.82, 2.24) is 24.9 Å². The summed E-state index contributed by atoms with van der Waals surface area (Å²) in [5, 5.41) is 0. The molecule has 11 aromatic rings. The van der Waals surface area contributed by atoms with Crippen molar-refractivity contribution in [3.8, 4) is 90.3 Å². The molecule has 2 aromatic heterocycles. The molecule has 0 aliphatic heterocycles. The van der Waals surface area contributed by atoms with Gasteiger partial charge in [-0.15, -0.1) is 0 Å². The lowest BCUT2D eigenvalue weighted by Gasteiger charge is -2.42. The Kier molecular flexibility index (Phi) is 9.30. The summed E-state index contributed by atoms with van der Waals surface area (Å²) in [5.74, 6) is 2.76. The number of rotatable bonds is 7. The summed E-state index contributed by atoms with van der Waals surface area (Å²) in [6.07, 6.45) is 0. The molecule has 4 aliphatic rings. The summed E-state index contributed by atoms with van der Waals surface area (Å²) in [7, 11) is 0. The average molecular weight is 908 g/mol. The van der Waals surface area contributed by atoms with Crippen LogP contribution in [0.3, 0.4) is 0 Å². The van der Waals surface area contributed by atoms with Crippen molar-refractivity contribution >= 4 is 0 Å². The Hall–Kier alpha value is -8.93. The molecule has 4 aliphatic carbocycles. The fourth-order valence-corrected chi connectivity index (χ4v) is 11.7. The van der Waals surface area contributed by atoms with E-state index in [4.69, 9.17) is 24.9 Å². The van der Waals surface area contributed by atoms with Crippen LogP contribution in [0.15, 0.2) is 224 Å². The van der Waals surface area contributed by atoms with E-state index in [0.29, 0.717) is 23.3 Å². The monoisotopic (exact) mass is 907 g/mol. The second-order valence-corrected chi connectivity index (χ2v) is 19.6. The third kappa shape index (κ3) is 6.72. The highest BCUT2D eigenvalue weighted by Gasteiger charge is 2.42. The summed E-state index contributed by atoms with van der Waals surface area (Å²) in [4.78, 5) is 25.8. The Balaban J connectivity index is 0.865. The topological polar surface area (TPSA) is 64.5 Å². The summed E-state index contributed by atoms with van der Waals surface area (Å²) in [6, 6.07) is 80.3. The summed E-state index contributed by atoms with van der Waals surface area (Å²) >= 11 is 0. The molecule has 0 saturated carbocycles. The third-order valence-electron chi connectivity index (χ3n) is 15.1. The molecule has 0 N–H and O–H groups in total. The van der Waals surface area contributed by atoms with Crippen LogP contribution in [0, 0.1) is 0 Å². The van der Waals surface area contributed by atoms with E-state index in [9.17, 15) is 0 Å². The highest BCUT2D eigenvalue weighted by atomic mass is 15.0. The van der Waals surface area contributed by atoms with E-state index < -0.39 is 0 Å². The van der Waals surface area contributed by atoms with Crippen LogP contribution in [0.1, 0.15) is 70.2 Å². The SMILES string of the molecule is CC1(C)c2ccccc2-c2ccc(-c3cccc(-c4cc(-c5ccc6c(c5)C5c7ccccc7C6c6cc(-c7nc(-c8ccccc8)nc(-c8ccccc8)n7)ccc65)nc(-c5ccccc5)n4)c3)cc21. The van der Waals surface area contributed by atoms with Gasteiger partial charge >= 0.3 is 0 Å². The number of aromatic nitrogens is 5. The normalized spacial score (nSPS) is 15.3. The predicted molar refractivity (Wildman–Crippen MR) is 286 cm³/mol. The van der Waals surface area contributed by atoms with E-state index in [0.717, 1.165) is 50.3 Å². The fourth-order valence-electron chi connectivity index (χ4n) is 11.7. The molecule has 0 saturated heterocycles. The smallest absolute Gasteiger partial charge is 0.164 e. The third-order valence-corrected chi connectivity index (χ3v) is 15.1. The van der Waals surface area contributed by atoms with Gasteiger partial charge in [-0.3, -0.25) is 0 Å². The Morgan fingerprint density at radius 1 is 0.268 bits per heavy atom. The van der Waals surface area contributed by atoms with Crippen LogP contribution in [-0.2, 0) is 5.41 Å². The Morgan fingerprint density at radius 3 is 1.28 bits per heavy atom. The quantitative estimate of drug-likeness (QED) is 0.159. The van der Waals surface area contributed by atoms with Gasteiger partial charge in [0.15, 0.2) is 23.3 Å². The van der Waals surface area contributed by atoms with Gasteiger partial charge in [-0.1, -0.05) is 208 Å². The molecule has 71 heavy (non-hydrogen) atoms. The van der Waals surface area contributed by atoms with Crippen LogP contribution in [0.4, 0.5) is 0 Å². The first-order chi connectivity index (χ1) is 34.9. The van der Waals surface area contributed by atoms with E-state index in [-0.39, 0.29) is 17.3 Å². The lowest BCUT2D eigenvalue weighted by Crippen LogP contribution is -2.27. The van der Waals surface area contributed by atoms with Gasteiger partial charge in [0.05, 0.1) is 11.4 Å². The van der Waals surface area contributed by atoms with E-state index >= 15 is 0 Å². The molecule has 0 amide bonds. The average Bonchev–Trinajstić information content (AvgIpc) is 3.68. The highest BCUT2D eigenvalue weighted by molar-refractivity contribution is 5.85. The van der Waals surface area contributed by atoms with Crippen molar-refractivity contribution in [1.29, 1.82) is 0 Å². The molecule has 0 fully saturated rings. The van der Waals surface area contributed by atoms with Crippen LogP contribution in [0.25, 0.3) is 90.3 Å². The van der Waals surface area contributed by atoms with Gasteiger partial charge in [-0.25, -0.2) is 24.9 Å². The van der Waals surface area contributed by atoms with E-state index in [2.05, 4.69) is 196 Å². The number of fused-ring (bicyclic) bond motifs is 3. The minimum absolute atomic E-state index is 0.0433. The van der Waals surface area contributed by atoms with Gasteiger partial charge < -0.3 is 0 Å². The largest absolute Gasteiger partial charge is 0.228 e. The zero-order valence-electron chi connectivity index (χ0n) is 39.3. The first kappa shape index (κ1) is 41.1. The van der Waals surface area contributed by atoms with Crippen molar-refractivity contribution in [2.75, 3.05) is 0 Å². The van der Waals surface area contributed by atoms with Gasteiger partial charge in [0.2, 0.25) is 0 Å². The van der Waals surface area contributed by atoms with Crippen LogP contribution in [0.2, 0.25) is 0 Å². The maximum atomic E-state index is 5.33. The van der Waals surface area contributed by atoms with Gasteiger partial charge in [0.25, 0.3) is 0 Å². The predicted octanol–water partition coefficient (Wildman–Crippen LogP) is 15.6. The lowest BCUT2D eigenvalue weighted by atomic mass is 9.60. The molecular formula is C66H45N5. The number of hydrogen-bond donors (Lipinski definition) is 0. The van der Waals surface area contributed by atoms with Gasteiger partial charge in [0.1, 0.15) is 0 Å². The second kappa shape index (κ2) is 16.1. The standard InChI is InChI=1S/C66H45N5/c1-66(2)56-28-15-14-25-48(56)49-32-29-44(38-57(49)66)43-23-16-24-45(35-43)58-39-59(68-62(67-58)40-17-6-3-7-18-40)46-30-33-52-54(36-46)60-50-26-12-13-27-51(50)61(52)55-37-47(31-34-53(55)60)65-70-63(41-19-8-4-9-20-41)69-64(71-65)42-21-10-5-11-22-42/h3-39,60-61H,1-2H3. The first-order valence-electron chi connectivity index (χ1n) is 24.5. The summed E-state index contributed by atoms with van der Waals surface area (Å²) in [5.41, 5.74) is 23.4. The zero-order chi connectivity index (χ0) is 47.2. The van der Waals surface area contributed by atoms with Crippen molar-refractivity contribution in [2.45, 2.75) is 31.1 Å². The maximum Gasteiger partial charge on any atom is 0.164 e. The van der Waals surface area contributed by atoms with E-state index in [1.807, 2.05) is 42.5 Å². The molecular weight excluding hydrogens is 863 g/mol. The van der Waals surface area contributed by atoms with Gasteiger partial charge in [-0.2, -0.15) is 0 Å². The summed E-state index contributed by atoms with van der Waals surface area (Å²) in [6.45, 7) is 4.68. The molecule has 0 spiro atoms. The molecule has 2 unspecified atom stereocenters. The Morgan fingerprint density at radius 2 is 0.676 bits per heavy atom. The fraction of sp³-hybridized carbons (Fsp3) is 0.0758. The van der Waals surface area contributed by atoms with Gasteiger partial charge in [-0.05, 0) is 97.1 Å². The van der Waals surface area contributed by atoms with Crippen molar-refractivity contribution < 1.29 is 0 Å². The van der Waals surface area contributed by atoms with E-state index in [1.54, 1.807) is 0 Å². The van der Waals surface area contributed by atoms with Crippen LogP contribution >= 0.6 is 0 Å². The Labute approximate surface area is 413 Å². The van der Waals surface area contributed by atoms with Crippen LogP contribution in [0.5, 0.6) is 0 Å². The van der Waals surface area contributed by atoms with Crippen LogP contribution in [-0.4, -0.2) is 24.9 Å². The zero-order valence-corrected chi connectivity index (χ0v) is 39.3. The van der Waals surface area contributed by atoms with E-state index in [1.165, 1.54) is 61.2 Å². The number of hydrogen-bond acceptors (Lipinski definition) is 5.